The molecule has 0 aliphatic carbocycles. The highest BCUT2D eigenvalue weighted by Crippen LogP contribution is 2.46. The highest BCUT2D eigenvalue weighted by atomic mass is 32.2. The van der Waals surface area contributed by atoms with E-state index in [0.29, 0.717) is 17.1 Å². The first-order chi connectivity index (χ1) is 11.9. The van der Waals surface area contributed by atoms with E-state index in [1.54, 1.807) is 18.7 Å². The molecule has 1 amide bonds. The normalized spacial score (nSPS) is 23.5. The van der Waals surface area contributed by atoms with Gasteiger partial charge in [-0.25, -0.2) is 4.57 Å². The molecular formula is C17H20N2O4S2. The van der Waals surface area contributed by atoms with Crippen LogP contribution in [0.4, 0.5) is 0 Å². The summed E-state index contributed by atoms with van der Waals surface area (Å²) in [5.74, 6) is -1.46. The summed E-state index contributed by atoms with van der Waals surface area (Å²) in [4.78, 5) is 26.8. The minimum Gasteiger partial charge on any atom is -0.543 e. The van der Waals surface area contributed by atoms with Crippen molar-refractivity contribution in [3.63, 3.8) is 0 Å². The van der Waals surface area contributed by atoms with E-state index in [-0.39, 0.29) is 17.6 Å². The summed E-state index contributed by atoms with van der Waals surface area (Å²) < 4.78 is 2.06. The molecule has 0 spiro atoms. The van der Waals surface area contributed by atoms with Crippen LogP contribution in [0.2, 0.25) is 0 Å². The molecule has 8 heteroatoms. The van der Waals surface area contributed by atoms with Crippen LogP contribution in [0, 0.1) is 5.92 Å². The van der Waals surface area contributed by atoms with Gasteiger partial charge in [0.25, 0.3) is 0 Å². The summed E-state index contributed by atoms with van der Waals surface area (Å²) >= 11 is 3.11. The molecule has 0 bridgehead atoms. The predicted octanol–water partition coefficient (Wildman–Crippen LogP) is 0.00220. The highest BCUT2D eigenvalue weighted by Gasteiger charge is 2.55. The molecule has 1 N–H and O–H groups in total. The molecule has 25 heavy (non-hydrogen) atoms. The Morgan fingerprint density at radius 1 is 1.56 bits per heavy atom. The van der Waals surface area contributed by atoms with Crippen molar-refractivity contribution >= 4 is 35.4 Å². The third-order valence-electron chi connectivity index (χ3n) is 4.57. The van der Waals surface area contributed by atoms with Crippen LogP contribution in [0.3, 0.4) is 0 Å². The van der Waals surface area contributed by atoms with Crippen molar-refractivity contribution in [2.24, 2.45) is 5.92 Å². The van der Waals surface area contributed by atoms with E-state index in [9.17, 15) is 19.8 Å². The maximum Gasteiger partial charge on any atom is 0.235 e. The first kappa shape index (κ1) is 18.3. The molecule has 0 radical (unpaired) electrons. The molecule has 1 aromatic heterocycles. The number of carboxylic acids is 1. The Morgan fingerprint density at radius 2 is 2.32 bits per heavy atom. The third kappa shape index (κ3) is 3.43. The topological polar surface area (TPSA) is 84.5 Å². The lowest BCUT2D eigenvalue weighted by Gasteiger charge is -2.45. The van der Waals surface area contributed by atoms with Crippen LogP contribution < -0.4 is 9.67 Å². The zero-order chi connectivity index (χ0) is 18.1. The van der Waals surface area contributed by atoms with Crippen LogP contribution in [0.5, 0.6) is 0 Å². The Hall–Kier alpha value is -1.51. The van der Waals surface area contributed by atoms with Crippen molar-refractivity contribution in [2.45, 2.75) is 36.9 Å². The fourth-order valence-corrected chi connectivity index (χ4v) is 4.99. The Morgan fingerprint density at radius 3 is 2.96 bits per heavy atom. The number of fused-ring (bicyclic) bond motifs is 1. The second kappa shape index (κ2) is 7.39. The number of rotatable bonds is 7. The number of hydrogen-bond acceptors (Lipinski definition) is 6. The molecule has 1 saturated heterocycles. The number of hydrogen-bond donors (Lipinski definition) is 1. The molecule has 3 heterocycles. The number of carboxylic acid groups (broad SMARTS) is 1. The Kier molecular flexibility index (Phi) is 5.41. The number of aryl methyl sites for hydroxylation is 1. The molecule has 0 saturated carbocycles. The molecule has 2 aliphatic heterocycles. The van der Waals surface area contributed by atoms with Gasteiger partial charge in [0.15, 0.2) is 18.9 Å². The van der Waals surface area contributed by atoms with Gasteiger partial charge in [-0.15, -0.1) is 23.5 Å². The van der Waals surface area contributed by atoms with E-state index in [1.807, 2.05) is 30.8 Å². The lowest BCUT2D eigenvalue weighted by atomic mass is 9.83. The van der Waals surface area contributed by atoms with Crippen LogP contribution in [0.1, 0.15) is 13.3 Å². The maximum absolute atomic E-state index is 12.1. The monoisotopic (exact) mass is 380 g/mol. The quantitative estimate of drug-likeness (QED) is 0.407. The van der Waals surface area contributed by atoms with Crippen LogP contribution in [0.25, 0.3) is 0 Å². The van der Waals surface area contributed by atoms with Gasteiger partial charge in [-0.2, -0.15) is 0 Å². The van der Waals surface area contributed by atoms with E-state index in [1.165, 1.54) is 16.7 Å². The van der Waals surface area contributed by atoms with Gasteiger partial charge in [0.1, 0.15) is 0 Å². The van der Waals surface area contributed by atoms with Gasteiger partial charge in [0, 0.05) is 17.4 Å². The first-order valence-electron chi connectivity index (χ1n) is 8.05. The van der Waals surface area contributed by atoms with Gasteiger partial charge < -0.3 is 19.9 Å². The number of thioether (sulfide) groups is 2. The van der Waals surface area contributed by atoms with Gasteiger partial charge in [-0.3, -0.25) is 4.79 Å². The molecule has 6 nitrogen and oxygen atoms in total. The standard InChI is InChI=1S/C17H20N2O4S2/c1-10(20)14-12-8-13(15(17(22)23)19(12)16(14)21)25-7-6-18-5-3-4-11(9-18)24-2/h3-5,9-10,12,14,20H,6-8H2,1-2H3/t10?,12-,14-/m1/s1. The number of aliphatic hydroxyl groups excluding tert-OH is 1. The van der Waals surface area contributed by atoms with Crippen LogP contribution >= 0.6 is 23.5 Å². The molecule has 1 unspecified atom stereocenters. The molecule has 2 aliphatic rings. The summed E-state index contributed by atoms with van der Waals surface area (Å²) in [5.41, 5.74) is -0.0141. The SMILES string of the molecule is CSc1ccc[n+](CCSC2=C(C(=O)[O-])N3C(=O)[C@H](C(C)O)[C@H]3C2)c1. The fraction of sp³-hybridized carbons (Fsp3) is 0.471. The van der Waals surface area contributed by atoms with Crippen LogP contribution in [-0.4, -0.2) is 46.0 Å². The molecule has 1 fully saturated rings. The zero-order valence-electron chi connectivity index (χ0n) is 14.0. The summed E-state index contributed by atoms with van der Waals surface area (Å²) in [6.07, 6.45) is 5.75. The summed E-state index contributed by atoms with van der Waals surface area (Å²) in [5, 5.41) is 21.2. The molecule has 3 atom stereocenters. The third-order valence-corrected chi connectivity index (χ3v) is 6.38. The van der Waals surface area contributed by atoms with E-state index in [2.05, 4.69) is 4.57 Å². The lowest BCUT2D eigenvalue weighted by molar-refractivity contribution is -0.694. The number of carbonyl (C=O) groups is 2. The Labute approximate surface area is 154 Å². The summed E-state index contributed by atoms with van der Waals surface area (Å²) in [6.45, 7) is 2.31. The number of nitrogens with zero attached hydrogens (tertiary/aromatic N) is 2. The van der Waals surface area contributed by atoms with Crippen LogP contribution in [0.15, 0.2) is 40.0 Å². The van der Waals surface area contributed by atoms with Crippen molar-refractivity contribution in [1.29, 1.82) is 0 Å². The van der Waals surface area contributed by atoms with Gasteiger partial charge in [-0.05, 0) is 19.2 Å². The van der Waals surface area contributed by atoms with E-state index in [0.717, 1.165) is 11.4 Å². The van der Waals surface area contributed by atoms with Crippen LogP contribution in [-0.2, 0) is 16.1 Å². The second-order valence-electron chi connectivity index (χ2n) is 6.14. The average Bonchev–Trinajstić information content (AvgIpc) is 2.89. The molecule has 134 valence electrons. The van der Waals surface area contributed by atoms with Gasteiger partial charge >= 0.3 is 0 Å². The Balaban J connectivity index is 1.67. The number of β-lactam (4-membered cyclic amide) rings is 1. The smallest absolute Gasteiger partial charge is 0.235 e. The molecule has 0 aromatic carbocycles. The summed E-state index contributed by atoms with van der Waals surface area (Å²) in [6, 6.07) is 3.76. The largest absolute Gasteiger partial charge is 0.543 e. The van der Waals surface area contributed by atoms with Crippen molar-refractivity contribution in [3.05, 3.63) is 35.1 Å². The van der Waals surface area contributed by atoms with Crippen molar-refractivity contribution in [3.8, 4) is 0 Å². The molecular weight excluding hydrogens is 360 g/mol. The fourth-order valence-electron chi connectivity index (χ4n) is 3.38. The van der Waals surface area contributed by atoms with E-state index >= 15 is 0 Å². The number of aliphatic carboxylic acids is 1. The van der Waals surface area contributed by atoms with Gasteiger partial charge in [-0.1, -0.05) is 0 Å². The van der Waals surface area contributed by atoms with Crippen molar-refractivity contribution in [2.75, 3.05) is 12.0 Å². The number of amides is 1. The zero-order valence-corrected chi connectivity index (χ0v) is 15.7. The number of aromatic nitrogens is 1. The van der Waals surface area contributed by atoms with Crippen molar-refractivity contribution < 1.29 is 24.4 Å². The van der Waals surface area contributed by atoms with Gasteiger partial charge in [0.2, 0.25) is 5.91 Å². The average molecular weight is 380 g/mol. The number of aliphatic hydroxyl groups is 1. The minimum atomic E-state index is -1.32. The van der Waals surface area contributed by atoms with E-state index in [4.69, 9.17) is 0 Å². The first-order valence-corrected chi connectivity index (χ1v) is 10.3. The summed E-state index contributed by atoms with van der Waals surface area (Å²) in [7, 11) is 0. The Bertz CT molecular complexity index is 735. The number of carbonyl (C=O) groups excluding carboxylic acids is 2. The van der Waals surface area contributed by atoms with Gasteiger partial charge in [0.05, 0.1) is 40.4 Å². The number of pyridine rings is 1. The minimum absolute atomic E-state index is 0.0141. The maximum atomic E-state index is 12.1. The molecule has 3 rings (SSSR count). The van der Waals surface area contributed by atoms with E-state index < -0.39 is 18.0 Å². The second-order valence-corrected chi connectivity index (χ2v) is 8.20. The van der Waals surface area contributed by atoms with Crippen molar-refractivity contribution in [1.82, 2.24) is 4.90 Å². The highest BCUT2D eigenvalue weighted by molar-refractivity contribution is 8.03. The lowest BCUT2D eigenvalue weighted by Crippen LogP contribution is -2.62. The molecule has 1 aromatic rings. The predicted molar refractivity (Wildman–Crippen MR) is 93.3 cm³/mol.